The Labute approximate surface area is 257 Å². The van der Waals surface area contributed by atoms with E-state index in [1.54, 1.807) is 17.1 Å². The molecule has 41 heavy (non-hydrogen) atoms. The molecule has 7 nitrogen and oxygen atoms in total. The molecule has 2 rings (SSSR count). The molecule has 0 N–H and O–H groups in total. The normalized spacial score (nSPS) is 13.0. The molecule has 0 aliphatic heterocycles. The third-order valence-electron chi connectivity index (χ3n) is 7.03. The van der Waals surface area contributed by atoms with Crippen LogP contribution in [0.3, 0.4) is 0 Å². The zero-order valence-electron chi connectivity index (χ0n) is 26.1. The number of hydrazine groups is 1. The molecule has 228 valence electrons. The fraction of sp³-hybridized carbons (Fsp3) is 0.548. The molecule has 0 radical (unpaired) electrons. The summed E-state index contributed by atoms with van der Waals surface area (Å²) < 4.78 is 17.7. The minimum Gasteiger partial charge on any atom is -0.469 e. The van der Waals surface area contributed by atoms with Crippen molar-refractivity contribution >= 4 is 49.3 Å². The molecule has 0 bridgehead atoms. The summed E-state index contributed by atoms with van der Waals surface area (Å²) in [5.74, 6) is -0.382. The summed E-state index contributed by atoms with van der Waals surface area (Å²) in [5, 5.41) is 4.40. The first-order valence-corrected chi connectivity index (χ1v) is 17.6. The zero-order chi connectivity index (χ0) is 31.2. The van der Waals surface area contributed by atoms with Crippen LogP contribution in [0.2, 0.25) is 28.2 Å². The Morgan fingerprint density at radius 2 is 1.66 bits per heavy atom. The van der Waals surface area contributed by atoms with Gasteiger partial charge in [-0.1, -0.05) is 69.1 Å². The second-order valence-electron chi connectivity index (χ2n) is 12.6. The number of methoxy groups -OCH3 is 1. The van der Waals surface area contributed by atoms with Crippen molar-refractivity contribution in [3.05, 3.63) is 63.6 Å². The summed E-state index contributed by atoms with van der Waals surface area (Å²) in [4.78, 5) is 25.7. The molecule has 0 aliphatic carbocycles. The molecule has 0 spiro atoms. The van der Waals surface area contributed by atoms with Gasteiger partial charge >= 0.3 is 12.1 Å². The van der Waals surface area contributed by atoms with Crippen molar-refractivity contribution in [1.29, 1.82) is 0 Å². The monoisotopic (exact) mass is 624 g/mol. The molecule has 0 saturated carbocycles. The second kappa shape index (κ2) is 14.3. The average Bonchev–Trinajstić information content (AvgIpc) is 2.84. The molecule has 0 fully saturated rings. The molecule has 0 heterocycles. The molecule has 0 unspecified atom stereocenters. The Kier molecular flexibility index (Phi) is 12.2. The third kappa shape index (κ3) is 10.2. The second-order valence-corrected chi connectivity index (χ2v) is 18.2. The van der Waals surface area contributed by atoms with E-state index >= 15 is 0 Å². The SMILES string of the molecule is CCCN(c1ccc(CC(=O)OC)c(Cl)c1)N(C[C@H](O[Si](C)(C)C(C)(C)C)c1cccc(Cl)c1)C(=O)OC(C)(C)C. The highest BCUT2D eigenvalue weighted by atomic mass is 35.5. The molecule has 2 aromatic carbocycles. The predicted octanol–water partition coefficient (Wildman–Crippen LogP) is 8.84. The molecular weight excluding hydrogens is 579 g/mol. The number of hydrogen-bond acceptors (Lipinski definition) is 6. The lowest BCUT2D eigenvalue weighted by atomic mass is 10.1. The quantitative estimate of drug-likeness (QED) is 0.141. The summed E-state index contributed by atoms with van der Waals surface area (Å²) in [6.07, 6.45) is -0.190. The van der Waals surface area contributed by atoms with Crippen LogP contribution in [0.4, 0.5) is 10.5 Å². The number of halogens is 2. The molecule has 0 saturated heterocycles. The third-order valence-corrected chi connectivity index (χ3v) is 12.1. The molecule has 1 amide bonds. The number of benzene rings is 2. The van der Waals surface area contributed by atoms with E-state index in [0.29, 0.717) is 27.8 Å². The molecule has 2 aromatic rings. The number of anilines is 1. The van der Waals surface area contributed by atoms with Gasteiger partial charge in [0.1, 0.15) is 5.60 Å². The van der Waals surface area contributed by atoms with Crippen LogP contribution in [0.5, 0.6) is 0 Å². The summed E-state index contributed by atoms with van der Waals surface area (Å²) in [6, 6.07) is 13.0. The van der Waals surface area contributed by atoms with Crippen molar-refractivity contribution in [3.63, 3.8) is 0 Å². The van der Waals surface area contributed by atoms with Crippen molar-refractivity contribution in [2.75, 3.05) is 25.2 Å². The van der Waals surface area contributed by atoms with E-state index in [-0.39, 0.29) is 24.0 Å². The standard InChI is InChI=1S/C31H46Cl2N2O5Si/c1-11-17-34(25-16-15-22(26(33)20-25)19-28(36)38-8)35(29(37)39-30(2,3)4)21-27(23-13-12-14-24(32)18-23)40-41(9,10)31(5,6)7/h12-16,18,20,27H,11,17,19,21H2,1-10H3/t27-/m0/s1. The number of amides is 1. The fourth-order valence-electron chi connectivity index (χ4n) is 3.86. The van der Waals surface area contributed by atoms with Crippen LogP contribution in [0.25, 0.3) is 0 Å². The number of carbonyl (C=O) groups is 2. The minimum atomic E-state index is -2.29. The van der Waals surface area contributed by atoms with Gasteiger partial charge in [0.15, 0.2) is 8.32 Å². The van der Waals surface area contributed by atoms with Crippen molar-refractivity contribution < 1.29 is 23.5 Å². The van der Waals surface area contributed by atoms with Crippen LogP contribution >= 0.6 is 23.2 Å². The smallest absolute Gasteiger partial charge is 0.429 e. The van der Waals surface area contributed by atoms with E-state index in [1.165, 1.54) is 7.11 Å². The number of ether oxygens (including phenoxy) is 2. The Morgan fingerprint density at radius 1 is 1.00 bits per heavy atom. The van der Waals surface area contributed by atoms with E-state index in [4.69, 9.17) is 37.1 Å². The number of hydrogen-bond donors (Lipinski definition) is 0. The maximum atomic E-state index is 13.9. The molecule has 0 aromatic heterocycles. The average molecular weight is 626 g/mol. The van der Waals surface area contributed by atoms with Crippen LogP contribution in [-0.2, 0) is 25.1 Å². The maximum Gasteiger partial charge on any atom is 0.429 e. The van der Waals surface area contributed by atoms with Gasteiger partial charge in [0, 0.05) is 16.6 Å². The molecule has 10 heteroatoms. The first kappa shape index (κ1) is 34.9. The lowest BCUT2D eigenvalue weighted by molar-refractivity contribution is -0.139. The number of nitrogens with zero attached hydrogens (tertiary/aromatic N) is 2. The Hall–Kier alpha value is -2.26. The number of carbonyl (C=O) groups excluding carboxylic acids is 2. The van der Waals surface area contributed by atoms with Gasteiger partial charge in [0.2, 0.25) is 0 Å². The highest BCUT2D eigenvalue weighted by Gasteiger charge is 2.41. The lowest BCUT2D eigenvalue weighted by Crippen LogP contribution is -2.52. The van der Waals surface area contributed by atoms with E-state index in [0.717, 1.165) is 12.0 Å². The Bertz CT molecular complexity index is 1190. The van der Waals surface area contributed by atoms with Crippen molar-refractivity contribution in [2.24, 2.45) is 0 Å². The van der Waals surface area contributed by atoms with E-state index in [9.17, 15) is 9.59 Å². The van der Waals surface area contributed by atoms with Crippen LogP contribution in [0.15, 0.2) is 42.5 Å². The summed E-state index contributed by atoms with van der Waals surface area (Å²) in [6.45, 7) is 19.2. The fourth-order valence-corrected chi connectivity index (χ4v) is 5.58. The molecule has 0 aliphatic rings. The first-order valence-electron chi connectivity index (χ1n) is 13.9. The topological polar surface area (TPSA) is 68.3 Å². The van der Waals surface area contributed by atoms with E-state index in [1.807, 2.05) is 63.0 Å². The van der Waals surface area contributed by atoms with Gasteiger partial charge in [-0.15, -0.1) is 0 Å². The van der Waals surface area contributed by atoms with Gasteiger partial charge in [-0.25, -0.2) is 9.80 Å². The van der Waals surface area contributed by atoms with Crippen molar-refractivity contribution in [1.82, 2.24) is 5.01 Å². The van der Waals surface area contributed by atoms with Gasteiger partial charge in [-0.05, 0) is 80.7 Å². The van der Waals surface area contributed by atoms with Gasteiger partial charge in [-0.2, -0.15) is 0 Å². The largest absolute Gasteiger partial charge is 0.469 e. The predicted molar refractivity (Wildman–Crippen MR) is 170 cm³/mol. The number of esters is 1. The van der Waals surface area contributed by atoms with Gasteiger partial charge in [0.05, 0.1) is 31.9 Å². The van der Waals surface area contributed by atoms with Crippen LogP contribution in [0, 0.1) is 0 Å². The summed E-state index contributed by atoms with van der Waals surface area (Å²) in [7, 11) is -0.948. The van der Waals surface area contributed by atoms with Gasteiger partial charge < -0.3 is 13.9 Å². The maximum absolute atomic E-state index is 13.9. The van der Waals surface area contributed by atoms with Crippen LogP contribution in [0.1, 0.15) is 72.1 Å². The lowest BCUT2D eigenvalue weighted by Gasteiger charge is -2.43. The van der Waals surface area contributed by atoms with Crippen LogP contribution in [-0.4, -0.2) is 51.2 Å². The summed E-state index contributed by atoms with van der Waals surface area (Å²) >= 11 is 13.0. The summed E-state index contributed by atoms with van der Waals surface area (Å²) in [5.41, 5.74) is 1.48. The highest BCUT2D eigenvalue weighted by Crippen LogP contribution is 2.40. The molecular formula is C31H46Cl2N2O5Si. The molecule has 1 atom stereocenters. The Morgan fingerprint density at radius 3 is 2.17 bits per heavy atom. The van der Waals surface area contributed by atoms with Crippen molar-refractivity contribution in [2.45, 2.75) is 91.1 Å². The van der Waals surface area contributed by atoms with E-state index in [2.05, 4.69) is 33.9 Å². The van der Waals surface area contributed by atoms with Crippen molar-refractivity contribution in [3.8, 4) is 0 Å². The van der Waals surface area contributed by atoms with Gasteiger partial charge in [-0.3, -0.25) is 9.80 Å². The first-order chi connectivity index (χ1) is 18.9. The van der Waals surface area contributed by atoms with Gasteiger partial charge in [0.25, 0.3) is 0 Å². The zero-order valence-corrected chi connectivity index (χ0v) is 28.7. The minimum absolute atomic E-state index is 0.0520. The van der Waals surface area contributed by atoms with Crippen LogP contribution < -0.4 is 5.01 Å². The Balaban J connectivity index is 2.64. The number of rotatable bonds is 11. The highest BCUT2D eigenvalue weighted by molar-refractivity contribution is 6.74. The van der Waals surface area contributed by atoms with E-state index < -0.39 is 26.1 Å².